The highest BCUT2D eigenvalue weighted by Crippen LogP contribution is 2.41. The van der Waals surface area contributed by atoms with Gasteiger partial charge < -0.3 is 24.8 Å². The van der Waals surface area contributed by atoms with Crippen molar-refractivity contribution >= 4 is 17.3 Å². The lowest BCUT2D eigenvalue weighted by Crippen LogP contribution is -2.42. The van der Waals surface area contributed by atoms with Gasteiger partial charge in [-0.3, -0.25) is 5.01 Å². The highest BCUT2D eigenvalue weighted by atomic mass is 16.5. The average Bonchev–Trinajstić information content (AvgIpc) is 2.92. The molecule has 1 aliphatic carbocycles. The fourth-order valence-electron chi connectivity index (χ4n) is 5.30. The minimum absolute atomic E-state index is 0.226. The smallest absolute Gasteiger partial charge is 0.171 e. The Morgan fingerprint density at radius 3 is 2.26 bits per heavy atom. The summed E-state index contributed by atoms with van der Waals surface area (Å²) in [5.41, 5.74) is 9.50. The van der Waals surface area contributed by atoms with Crippen LogP contribution in [0.25, 0.3) is 0 Å². The highest BCUT2D eigenvalue weighted by Gasteiger charge is 2.34. The molecule has 0 radical (unpaired) electrons. The number of rotatable bonds is 10. The van der Waals surface area contributed by atoms with E-state index in [1.165, 1.54) is 6.42 Å². The number of hydrogen-bond donors (Lipinski definition) is 2. The quantitative estimate of drug-likeness (QED) is 0.283. The maximum atomic E-state index is 6.77. The number of benzene rings is 2. The number of anilines is 3. The predicted molar refractivity (Wildman–Crippen MR) is 152 cm³/mol. The van der Waals surface area contributed by atoms with Crippen molar-refractivity contribution in [1.29, 1.82) is 0 Å². The molecule has 1 aromatic heterocycles. The number of hydrazine groups is 1. The second-order valence-electron chi connectivity index (χ2n) is 10.6. The van der Waals surface area contributed by atoms with Crippen molar-refractivity contribution in [2.24, 2.45) is 11.3 Å². The van der Waals surface area contributed by atoms with Gasteiger partial charge in [-0.1, -0.05) is 32.4 Å². The van der Waals surface area contributed by atoms with Gasteiger partial charge >= 0.3 is 0 Å². The summed E-state index contributed by atoms with van der Waals surface area (Å²) in [6, 6.07) is 13.9. The van der Waals surface area contributed by atoms with E-state index in [9.17, 15) is 0 Å². The molecule has 2 aromatic carbocycles. The lowest BCUT2D eigenvalue weighted by Gasteiger charge is -2.42. The molecule has 1 aliphatic rings. The minimum Gasteiger partial charge on any atom is -0.497 e. The van der Waals surface area contributed by atoms with E-state index in [1.807, 2.05) is 42.5 Å². The van der Waals surface area contributed by atoms with Gasteiger partial charge in [0, 0.05) is 24.2 Å². The molecule has 1 fully saturated rings. The first-order valence-electron chi connectivity index (χ1n) is 13.0. The minimum atomic E-state index is 0.226. The van der Waals surface area contributed by atoms with Crippen LogP contribution in [0.15, 0.2) is 48.8 Å². The monoisotopic (exact) mass is 520 g/mol. The SMILES string of the molecule is COc1ccc(CN(N)c2ncnc(N(Cc3ccc(OC)cc3OC)C3CCCC(C)(C)C3)c2N)cc1. The molecule has 0 bridgehead atoms. The Kier molecular flexibility index (Phi) is 8.46. The van der Waals surface area contributed by atoms with Gasteiger partial charge in [0.05, 0.1) is 27.9 Å². The van der Waals surface area contributed by atoms with E-state index in [0.717, 1.165) is 47.6 Å². The zero-order valence-corrected chi connectivity index (χ0v) is 23.1. The zero-order valence-electron chi connectivity index (χ0n) is 23.1. The Balaban J connectivity index is 1.68. The second-order valence-corrected chi connectivity index (χ2v) is 10.6. The van der Waals surface area contributed by atoms with Crippen molar-refractivity contribution in [3.63, 3.8) is 0 Å². The molecule has 1 atom stereocenters. The molecule has 4 N–H and O–H groups in total. The van der Waals surface area contributed by atoms with Crippen molar-refractivity contribution in [3.05, 3.63) is 59.9 Å². The molecule has 1 heterocycles. The van der Waals surface area contributed by atoms with Crippen LogP contribution in [-0.4, -0.2) is 37.3 Å². The standard InChI is InChI=1S/C29H40N6O3/c1-29(2)14-6-7-22(16-29)34(18-21-10-13-24(37-4)15-25(21)38-5)27-26(30)28(33-19-32-27)35(31)17-20-8-11-23(36-3)12-9-20/h8-13,15,19,22H,6-7,14,16-18,30-31H2,1-5H3. The van der Waals surface area contributed by atoms with Gasteiger partial charge in [0.25, 0.3) is 0 Å². The molecule has 0 amide bonds. The summed E-state index contributed by atoms with van der Waals surface area (Å²) in [6.45, 7) is 5.68. The van der Waals surface area contributed by atoms with Crippen LogP contribution in [0.5, 0.6) is 17.2 Å². The molecular weight excluding hydrogens is 480 g/mol. The summed E-state index contributed by atoms with van der Waals surface area (Å²) < 4.78 is 16.4. The van der Waals surface area contributed by atoms with Gasteiger partial charge in [0.1, 0.15) is 29.3 Å². The summed E-state index contributed by atoms with van der Waals surface area (Å²) in [7, 11) is 4.97. The number of methoxy groups -OCH3 is 3. The Labute approximate surface area is 225 Å². The molecule has 0 aliphatic heterocycles. The predicted octanol–water partition coefficient (Wildman–Crippen LogP) is 4.94. The summed E-state index contributed by atoms with van der Waals surface area (Å²) in [6.07, 6.45) is 5.97. The van der Waals surface area contributed by atoms with E-state index in [-0.39, 0.29) is 11.5 Å². The van der Waals surface area contributed by atoms with E-state index < -0.39 is 0 Å². The fourth-order valence-corrected chi connectivity index (χ4v) is 5.30. The van der Waals surface area contributed by atoms with Gasteiger partial charge in [0.2, 0.25) is 0 Å². The Morgan fingerprint density at radius 1 is 0.921 bits per heavy atom. The van der Waals surface area contributed by atoms with Crippen LogP contribution in [0.3, 0.4) is 0 Å². The summed E-state index contributed by atoms with van der Waals surface area (Å²) >= 11 is 0. The Morgan fingerprint density at radius 2 is 1.61 bits per heavy atom. The third kappa shape index (κ3) is 6.22. The van der Waals surface area contributed by atoms with E-state index >= 15 is 0 Å². The largest absolute Gasteiger partial charge is 0.497 e. The van der Waals surface area contributed by atoms with Crippen molar-refractivity contribution in [3.8, 4) is 17.2 Å². The summed E-state index contributed by atoms with van der Waals surface area (Å²) in [5, 5.41) is 1.57. The van der Waals surface area contributed by atoms with Crippen molar-refractivity contribution in [2.75, 3.05) is 37.0 Å². The Hall–Kier alpha value is -3.72. The number of hydrogen-bond acceptors (Lipinski definition) is 9. The third-order valence-electron chi connectivity index (χ3n) is 7.35. The first-order valence-corrected chi connectivity index (χ1v) is 13.0. The summed E-state index contributed by atoms with van der Waals surface area (Å²) in [4.78, 5) is 11.4. The van der Waals surface area contributed by atoms with Crippen LogP contribution in [0.4, 0.5) is 17.3 Å². The fraction of sp³-hybridized carbons (Fsp3) is 0.448. The molecule has 9 heteroatoms. The van der Waals surface area contributed by atoms with E-state index in [4.69, 9.17) is 25.8 Å². The molecule has 1 saturated carbocycles. The van der Waals surface area contributed by atoms with Crippen LogP contribution >= 0.6 is 0 Å². The summed E-state index contributed by atoms with van der Waals surface area (Å²) in [5.74, 6) is 9.97. The van der Waals surface area contributed by atoms with E-state index in [2.05, 4.69) is 28.7 Å². The van der Waals surface area contributed by atoms with Gasteiger partial charge in [-0.15, -0.1) is 0 Å². The van der Waals surface area contributed by atoms with Crippen molar-refractivity contribution in [2.45, 2.75) is 58.7 Å². The average molecular weight is 521 g/mol. The van der Waals surface area contributed by atoms with Gasteiger partial charge in [-0.2, -0.15) is 0 Å². The van der Waals surface area contributed by atoms with Gasteiger partial charge in [-0.25, -0.2) is 15.8 Å². The van der Waals surface area contributed by atoms with Gasteiger partial charge in [0.15, 0.2) is 11.6 Å². The molecule has 0 saturated heterocycles. The molecule has 0 spiro atoms. The first-order chi connectivity index (χ1) is 18.2. The van der Waals surface area contributed by atoms with E-state index in [0.29, 0.717) is 30.4 Å². The number of nitrogen functional groups attached to an aromatic ring is 1. The maximum absolute atomic E-state index is 6.77. The van der Waals surface area contributed by atoms with Crippen molar-refractivity contribution < 1.29 is 14.2 Å². The topological polar surface area (TPSA) is 112 Å². The zero-order chi connectivity index (χ0) is 27.3. The molecular formula is C29H40N6O3. The lowest BCUT2D eigenvalue weighted by atomic mass is 9.74. The normalized spacial score (nSPS) is 16.5. The van der Waals surface area contributed by atoms with Crippen molar-refractivity contribution in [1.82, 2.24) is 9.97 Å². The van der Waals surface area contributed by atoms with E-state index in [1.54, 1.807) is 32.7 Å². The third-order valence-corrected chi connectivity index (χ3v) is 7.35. The first kappa shape index (κ1) is 27.3. The van der Waals surface area contributed by atoms with Crippen LogP contribution in [0.2, 0.25) is 0 Å². The van der Waals surface area contributed by atoms with Gasteiger partial charge in [-0.05, 0) is 54.5 Å². The number of ether oxygens (including phenoxy) is 3. The Bertz CT molecular complexity index is 1220. The second kappa shape index (κ2) is 11.8. The number of aromatic nitrogens is 2. The molecule has 38 heavy (non-hydrogen) atoms. The molecule has 1 unspecified atom stereocenters. The molecule has 3 aromatic rings. The van der Waals surface area contributed by atoms with Crippen LogP contribution in [-0.2, 0) is 13.1 Å². The molecule has 9 nitrogen and oxygen atoms in total. The highest BCUT2D eigenvalue weighted by molar-refractivity contribution is 5.75. The number of nitrogens with two attached hydrogens (primary N) is 2. The maximum Gasteiger partial charge on any atom is 0.171 e. The number of nitrogens with zero attached hydrogens (tertiary/aromatic N) is 4. The van der Waals surface area contributed by atoms with Crippen LogP contribution in [0, 0.1) is 5.41 Å². The molecule has 4 rings (SSSR count). The lowest BCUT2D eigenvalue weighted by molar-refractivity contribution is 0.213. The van der Waals surface area contributed by atoms with Crippen LogP contribution in [0.1, 0.15) is 50.7 Å². The van der Waals surface area contributed by atoms with Crippen LogP contribution < -0.4 is 35.7 Å². The molecule has 204 valence electrons.